The second-order valence-corrected chi connectivity index (χ2v) is 7.76. The van der Waals surface area contributed by atoms with Gasteiger partial charge in [-0.05, 0) is 44.6 Å². The number of amides is 1. The van der Waals surface area contributed by atoms with Crippen LogP contribution in [0.4, 0.5) is 17.1 Å². The largest absolute Gasteiger partial charge is 0.495 e. The Hall–Kier alpha value is -2.43. The van der Waals surface area contributed by atoms with Crippen molar-refractivity contribution in [2.45, 2.75) is 71.1 Å². The first kappa shape index (κ1) is 25.6. The van der Waals surface area contributed by atoms with E-state index in [-0.39, 0.29) is 5.91 Å². The number of nitrogen functional groups attached to an aromatic ring is 1. The lowest BCUT2D eigenvalue weighted by molar-refractivity contribution is -0.114. The van der Waals surface area contributed by atoms with Crippen LogP contribution >= 0.6 is 0 Å². The molecule has 1 amide bonds. The molecule has 168 valence electrons. The van der Waals surface area contributed by atoms with Crippen molar-refractivity contribution < 1.29 is 9.53 Å². The Balaban J connectivity index is 2.87. The number of unbranched alkanes of at least 4 members (excludes halogenated alkanes) is 8. The molecule has 5 nitrogen and oxygen atoms in total. The highest BCUT2D eigenvalue weighted by Crippen LogP contribution is 2.36. The highest BCUT2D eigenvalue weighted by molar-refractivity contribution is 5.94. The van der Waals surface area contributed by atoms with Crippen molar-refractivity contribution in [3.05, 3.63) is 37.4 Å². The van der Waals surface area contributed by atoms with Gasteiger partial charge in [-0.1, -0.05) is 37.8 Å². The number of allylic oxidation sites excluding steroid dienone is 2. The van der Waals surface area contributed by atoms with Gasteiger partial charge in [-0.25, -0.2) is 0 Å². The van der Waals surface area contributed by atoms with Crippen LogP contribution in [-0.2, 0) is 4.79 Å². The number of carbonyl (C=O) groups is 1. The van der Waals surface area contributed by atoms with Crippen LogP contribution in [0.3, 0.4) is 0 Å². The first-order chi connectivity index (χ1) is 14.5. The summed E-state index contributed by atoms with van der Waals surface area (Å²) in [7, 11) is 1.67. The van der Waals surface area contributed by atoms with Gasteiger partial charge < -0.3 is 20.7 Å². The molecule has 0 aromatic heterocycles. The fourth-order valence-electron chi connectivity index (χ4n) is 3.54. The van der Waals surface area contributed by atoms with E-state index >= 15 is 0 Å². The second kappa shape index (κ2) is 15.4. The Morgan fingerprint density at radius 2 is 1.53 bits per heavy atom. The van der Waals surface area contributed by atoms with Crippen LogP contribution in [0.15, 0.2) is 37.4 Å². The first-order valence-corrected chi connectivity index (χ1v) is 11.2. The summed E-state index contributed by atoms with van der Waals surface area (Å²) < 4.78 is 5.63. The van der Waals surface area contributed by atoms with Crippen molar-refractivity contribution in [2.75, 3.05) is 36.1 Å². The van der Waals surface area contributed by atoms with Crippen LogP contribution in [-0.4, -0.2) is 26.1 Å². The van der Waals surface area contributed by atoms with Crippen molar-refractivity contribution >= 4 is 23.0 Å². The average molecular weight is 416 g/mol. The maximum atomic E-state index is 11.6. The van der Waals surface area contributed by atoms with Gasteiger partial charge in [0.2, 0.25) is 5.91 Å². The third-order valence-electron chi connectivity index (χ3n) is 5.17. The van der Waals surface area contributed by atoms with Crippen molar-refractivity contribution in [3.8, 4) is 5.75 Å². The molecule has 0 aliphatic rings. The van der Waals surface area contributed by atoms with Crippen LogP contribution < -0.4 is 20.7 Å². The van der Waals surface area contributed by atoms with Gasteiger partial charge in [0.15, 0.2) is 0 Å². The van der Waals surface area contributed by atoms with Gasteiger partial charge >= 0.3 is 0 Å². The smallest absolute Gasteiger partial charge is 0.221 e. The van der Waals surface area contributed by atoms with Crippen molar-refractivity contribution in [1.29, 1.82) is 0 Å². The molecule has 0 bridgehead atoms. The zero-order valence-electron chi connectivity index (χ0n) is 19.0. The topological polar surface area (TPSA) is 67.6 Å². The van der Waals surface area contributed by atoms with E-state index < -0.39 is 0 Å². The molecule has 0 spiro atoms. The SMILES string of the molecule is C=CCCCCCCN(CCCCCCC=C)c1cc(NC(C)=O)c(N)cc1OC. The number of nitrogens with two attached hydrogens (primary N) is 1. The summed E-state index contributed by atoms with van der Waals surface area (Å²) in [6.07, 6.45) is 15.6. The molecule has 0 heterocycles. The Bertz CT molecular complexity index is 638. The van der Waals surface area contributed by atoms with Crippen LogP contribution in [0.2, 0.25) is 0 Å². The number of hydrogen-bond donors (Lipinski definition) is 2. The summed E-state index contributed by atoms with van der Waals surface area (Å²) in [5.74, 6) is 0.619. The van der Waals surface area contributed by atoms with Gasteiger partial charge in [0, 0.05) is 26.1 Å². The van der Waals surface area contributed by atoms with E-state index in [1.165, 1.54) is 45.4 Å². The van der Waals surface area contributed by atoms with Gasteiger partial charge in [0.25, 0.3) is 0 Å². The van der Waals surface area contributed by atoms with Gasteiger partial charge in [-0.2, -0.15) is 0 Å². The number of ether oxygens (including phenoxy) is 1. The summed E-state index contributed by atoms with van der Waals surface area (Å²) in [5, 5.41) is 2.84. The second-order valence-electron chi connectivity index (χ2n) is 7.76. The molecule has 1 rings (SSSR count). The predicted molar refractivity (Wildman–Crippen MR) is 130 cm³/mol. The summed E-state index contributed by atoms with van der Waals surface area (Å²) in [4.78, 5) is 13.9. The summed E-state index contributed by atoms with van der Waals surface area (Å²) >= 11 is 0. The monoisotopic (exact) mass is 415 g/mol. The molecular formula is C25H41N3O2. The number of nitrogens with one attached hydrogen (secondary N) is 1. The summed E-state index contributed by atoms with van der Waals surface area (Å²) in [5.41, 5.74) is 8.27. The van der Waals surface area contributed by atoms with Crippen LogP contribution in [0.1, 0.15) is 71.1 Å². The number of anilines is 3. The fraction of sp³-hybridized carbons (Fsp3) is 0.560. The fourth-order valence-corrected chi connectivity index (χ4v) is 3.54. The van der Waals surface area contributed by atoms with E-state index in [1.54, 1.807) is 7.11 Å². The third kappa shape index (κ3) is 9.86. The molecule has 0 unspecified atom stereocenters. The van der Waals surface area contributed by atoms with Gasteiger partial charge in [-0.15, -0.1) is 13.2 Å². The third-order valence-corrected chi connectivity index (χ3v) is 5.17. The van der Waals surface area contributed by atoms with Crippen molar-refractivity contribution in [1.82, 2.24) is 0 Å². The van der Waals surface area contributed by atoms with E-state index in [0.717, 1.165) is 50.2 Å². The quantitative estimate of drug-likeness (QED) is 0.178. The summed E-state index contributed by atoms with van der Waals surface area (Å²) in [6.45, 7) is 11.0. The van der Waals surface area contributed by atoms with Gasteiger partial charge in [0.1, 0.15) is 5.75 Å². The van der Waals surface area contributed by atoms with Crippen molar-refractivity contribution in [3.63, 3.8) is 0 Å². The molecule has 1 aromatic rings. The van der Waals surface area contributed by atoms with Gasteiger partial charge in [0.05, 0.1) is 24.2 Å². The number of methoxy groups -OCH3 is 1. The lowest BCUT2D eigenvalue weighted by Crippen LogP contribution is -2.26. The Morgan fingerprint density at radius 1 is 1.00 bits per heavy atom. The van der Waals surface area contributed by atoms with Crippen LogP contribution in [0.5, 0.6) is 5.75 Å². The molecule has 0 saturated heterocycles. The molecular weight excluding hydrogens is 374 g/mol. The molecule has 0 aliphatic heterocycles. The average Bonchev–Trinajstić information content (AvgIpc) is 2.72. The molecule has 0 aliphatic carbocycles. The predicted octanol–water partition coefficient (Wildman–Crippen LogP) is 6.32. The highest BCUT2D eigenvalue weighted by atomic mass is 16.5. The number of rotatable bonds is 17. The Morgan fingerprint density at radius 3 is 2.00 bits per heavy atom. The minimum atomic E-state index is -0.131. The standard InChI is InChI=1S/C25H41N3O2/c1-5-7-9-11-13-15-17-28(18-16-14-12-10-8-6-2)24-20-23(27-21(3)29)22(26)19-25(24)30-4/h5-6,19-20H,1-2,7-18,26H2,3-4H3,(H,27,29). The lowest BCUT2D eigenvalue weighted by Gasteiger charge is -2.28. The van der Waals surface area contributed by atoms with E-state index in [0.29, 0.717) is 11.4 Å². The Kier molecular flexibility index (Phi) is 13.2. The molecule has 30 heavy (non-hydrogen) atoms. The normalized spacial score (nSPS) is 10.5. The maximum absolute atomic E-state index is 11.6. The molecule has 0 atom stereocenters. The van der Waals surface area contributed by atoms with E-state index in [2.05, 4.69) is 23.4 Å². The minimum absolute atomic E-state index is 0.131. The number of hydrogen-bond acceptors (Lipinski definition) is 4. The number of nitrogens with zero attached hydrogens (tertiary/aromatic N) is 1. The molecule has 0 radical (unpaired) electrons. The van der Waals surface area contributed by atoms with E-state index in [9.17, 15) is 4.79 Å². The van der Waals surface area contributed by atoms with Crippen LogP contribution in [0.25, 0.3) is 0 Å². The van der Waals surface area contributed by atoms with E-state index in [4.69, 9.17) is 10.5 Å². The molecule has 3 N–H and O–H groups in total. The molecule has 1 aromatic carbocycles. The highest BCUT2D eigenvalue weighted by Gasteiger charge is 2.16. The Labute approximate surface area is 183 Å². The van der Waals surface area contributed by atoms with Crippen LogP contribution in [0, 0.1) is 0 Å². The first-order valence-electron chi connectivity index (χ1n) is 11.2. The maximum Gasteiger partial charge on any atom is 0.221 e. The zero-order chi connectivity index (χ0) is 22.2. The molecule has 0 fully saturated rings. The molecule has 0 saturated carbocycles. The zero-order valence-corrected chi connectivity index (χ0v) is 19.0. The number of carbonyl (C=O) groups excluding carboxylic acids is 1. The van der Waals surface area contributed by atoms with Crippen molar-refractivity contribution in [2.24, 2.45) is 0 Å². The summed E-state index contributed by atoms with van der Waals surface area (Å²) in [6, 6.07) is 3.76. The van der Waals surface area contributed by atoms with Gasteiger partial charge in [-0.3, -0.25) is 4.79 Å². The number of benzene rings is 1. The minimum Gasteiger partial charge on any atom is -0.495 e. The lowest BCUT2D eigenvalue weighted by atomic mass is 10.1. The van der Waals surface area contributed by atoms with E-state index in [1.807, 2.05) is 24.3 Å². The molecule has 5 heteroatoms.